The highest BCUT2D eigenvalue weighted by atomic mass is 32.1. The van der Waals surface area contributed by atoms with Crippen LogP contribution in [-0.4, -0.2) is 41.5 Å². The number of thiophene rings is 1. The molecule has 2 aromatic heterocycles. The van der Waals surface area contributed by atoms with Crippen molar-refractivity contribution in [3.8, 4) is 0 Å². The lowest BCUT2D eigenvalue weighted by atomic mass is 10.2. The summed E-state index contributed by atoms with van der Waals surface area (Å²) in [5.41, 5.74) is 2.43. The number of carbonyl (C=O) groups excluding carboxylic acids is 1. The van der Waals surface area contributed by atoms with E-state index in [1.807, 2.05) is 22.9 Å². The quantitative estimate of drug-likeness (QED) is 0.758. The molecule has 1 amide bonds. The van der Waals surface area contributed by atoms with Gasteiger partial charge in [-0.1, -0.05) is 0 Å². The van der Waals surface area contributed by atoms with Crippen molar-refractivity contribution in [1.82, 2.24) is 15.2 Å². The van der Waals surface area contributed by atoms with Gasteiger partial charge in [-0.15, -0.1) is 0 Å². The van der Waals surface area contributed by atoms with Crippen LogP contribution >= 0.6 is 11.3 Å². The Morgan fingerprint density at radius 3 is 2.90 bits per heavy atom. The zero-order valence-corrected chi connectivity index (χ0v) is 12.4. The second kappa shape index (κ2) is 6.69. The summed E-state index contributed by atoms with van der Waals surface area (Å²) < 4.78 is 0. The van der Waals surface area contributed by atoms with Crippen LogP contribution in [0.5, 0.6) is 0 Å². The first-order valence-electron chi connectivity index (χ1n) is 6.38. The summed E-state index contributed by atoms with van der Waals surface area (Å²) in [6, 6.07) is 5.56. The Morgan fingerprint density at radius 2 is 2.25 bits per heavy atom. The predicted octanol–water partition coefficient (Wildman–Crippen LogP) is 1.60. The van der Waals surface area contributed by atoms with Gasteiger partial charge in [0.2, 0.25) is 0 Å². The minimum absolute atomic E-state index is 0.0467. The van der Waals surface area contributed by atoms with Crippen LogP contribution in [0.4, 0.5) is 0 Å². The molecule has 0 fully saturated rings. The van der Waals surface area contributed by atoms with Gasteiger partial charge in [-0.3, -0.25) is 4.79 Å². The summed E-state index contributed by atoms with van der Waals surface area (Å²) in [6.45, 7) is 1.06. The maximum Gasteiger partial charge on any atom is 0.269 e. The number of aromatic nitrogens is 1. The predicted molar refractivity (Wildman–Crippen MR) is 79.8 cm³/mol. The van der Waals surface area contributed by atoms with Crippen LogP contribution in [0.1, 0.15) is 27.8 Å². The molecule has 0 saturated heterocycles. The molecular formula is C14H19N3O2S. The smallest absolute Gasteiger partial charge is 0.269 e. The molecule has 0 aromatic carbocycles. The molecule has 0 saturated carbocycles. The van der Waals surface area contributed by atoms with Gasteiger partial charge in [0.25, 0.3) is 5.91 Å². The van der Waals surface area contributed by atoms with E-state index < -0.39 is 6.10 Å². The summed E-state index contributed by atoms with van der Waals surface area (Å²) in [4.78, 5) is 16.3. The standard InChI is InChI=1S/C14H19N3O2S/c1-17(2)14(19)12-4-3-11(16-12)7-15-8-13(18)10-5-6-20-9-10/h3-6,9,13,15-16,18H,7-8H2,1-2H3. The molecule has 0 aliphatic rings. The van der Waals surface area contributed by atoms with Crippen molar-refractivity contribution in [2.45, 2.75) is 12.6 Å². The highest BCUT2D eigenvalue weighted by Crippen LogP contribution is 2.15. The van der Waals surface area contributed by atoms with Crippen LogP contribution in [0.2, 0.25) is 0 Å². The van der Waals surface area contributed by atoms with Crippen molar-refractivity contribution >= 4 is 17.2 Å². The molecular weight excluding hydrogens is 274 g/mol. The Morgan fingerprint density at radius 1 is 1.45 bits per heavy atom. The summed E-state index contributed by atoms with van der Waals surface area (Å²) in [6.07, 6.45) is -0.501. The molecule has 6 heteroatoms. The van der Waals surface area contributed by atoms with Crippen LogP contribution in [0, 0.1) is 0 Å². The van der Waals surface area contributed by atoms with E-state index in [1.165, 1.54) is 4.90 Å². The molecule has 5 nitrogen and oxygen atoms in total. The first kappa shape index (κ1) is 14.8. The fourth-order valence-electron chi connectivity index (χ4n) is 1.84. The van der Waals surface area contributed by atoms with E-state index in [1.54, 1.807) is 31.5 Å². The van der Waals surface area contributed by atoms with E-state index in [0.29, 0.717) is 18.8 Å². The number of carbonyl (C=O) groups is 1. The molecule has 1 atom stereocenters. The van der Waals surface area contributed by atoms with Crippen molar-refractivity contribution < 1.29 is 9.90 Å². The third-order valence-corrected chi connectivity index (χ3v) is 3.67. The highest BCUT2D eigenvalue weighted by Gasteiger charge is 2.11. The SMILES string of the molecule is CN(C)C(=O)c1ccc(CNCC(O)c2ccsc2)[nH]1. The van der Waals surface area contributed by atoms with Crippen LogP contribution in [0.3, 0.4) is 0 Å². The van der Waals surface area contributed by atoms with Crippen LogP contribution in [0.25, 0.3) is 0 Å². The molecule has 0 radical (unpaired) electrons. The third kappa shape index (κ3) is 3.69. The van der Waals surface area contributed by atoms with E-state index in [0.717, 1.165) is 11.3 Å². The Bertz CT molecular complexity index is 549. The minimum atomic E-state index is -0.501. The Kier molecular flexibility index (Phi) is 4.94. The van der Waals surface area contributed by atoms with Gasteiger partial charge in [-0.05, 0) is 34.5 Å². The number of aliphatic hydroxyl groups excluding tert-OH is 1. The second-order valence-corrected chi connectivity index (χ2v) is 5.58. The number of aromatic amines is 1. The van der Waals surface area contributed by atoms with Gasteiger partial charge in [0.05, 0.1) is 6.10 Å². The van der Waals surface area contributed by atoms with E-state index in [2.05, 4.69) is 10.3 Å². The van der Waals surface area contributed by atoms with Crippen LogP contribution < -0.4 is 5.32 Å². The molecule has 0 aliphatic heterocycles. The molecule has 0 bridgehead atoms. The Labute approximate surface area is 122 Å². The lowest BCUT2D eigenvalue weighted by Gasteiger charge is -2.10. The van der Waals surface area contributed by atoms with Gasteiger partial charge >= 0.3 is 0 Å². The van der Waals surface area contributed by atoms with Gasteiger partial charge in [0, 0.05) is 32.9 Å². The van der Waals surface area contributed by atoms with E-state index in [4.69, 9.17) is 0 Å². The fourth-order valence-corrected chi connectivity index (χ4v) is 2.54. The molecule has 2 rings (SSSR count). The number of nitrogens with one attached hydrogen (secondary N) is 2. The van der Waals surface area contributed by atoms with Crippen LogP contribution in [-0.2, 0) is 6.54 Å². The molecule has 108 valence electrons. The molecule has 20 heavy (non-hydrogen) atoms. The lowest BCUT2D eigenvalue weighted by Crippen LogP contribution is -2.23. The van der Waals surface area contributed by atoms with Crippen molar-refractivity contribution in [3.05, 3.63) is 45.9 Å². The van der Waals surface area contributed by atoms with Crippen molar-refractivity contribution in [1.29, 1.82) is 0 Å². The van der Waals surface area contributed by atoms with Gasteiger partial charge in [0.1, 0.15) is 5.69 Å². The number of rotatable bonds is 6. The van der Waals surface area contributed by atoms with Gasteiger partial charge in [-0.2, -0.15) is 11.3 Å². The summed E-state index contributed by atoms with van der Waals surface area (Å²) in [5, 5.41) is 17.0. The van der Waals surface area contributed by atoms with Crippen LogP contribution in [0.15, 0.2) is 29.0 Å². The molecule has 0 spiro atoms. The molecule has 1 unspecified atom stereocenters. The van der Waals surface area contributed by atoms with E-state index in [-0.39, 0.29) is 5.91 Å². The average molecular weight is 293 g/mol. The Hall–Kier alpha value is -1.63. The van der Waals surface area contributed by atoms with Gasteiger partial charge in [0.15, 0.2) is 0 Å². The summed E-state index contributed by atoms with van der Waals surface area (Å²) in [7, 11) is 3.44. The van der Waals surface area contributed by atoms with Gasteiger partial charge < -0.3 is 20.3 Å². The minimum Gasteiger partial charge on any atom is -0.387 e. The number of nitrogens with zero attached hydrogens (tertiary/aromatic N) is 1. The monoisotopic (exact) mass is 293 g/mol. The third-order valence-electron chi connectivity index (χ3n) is 2.96. The highest BCUT2D eigenvalue weighted by molar-refractivity contribution is 7.07. The topological polar surface area (TPSA) is 68.4 Å². The molecule has 2 heterocycles. The number of aliphatic hydroxyl groups is 1. The number of H-pyrrole nitrogens is 1. The first-order valence-corrected chi connectivity index (χ1v) is 7.32. The second-order valence-electron chi connectivity index (χ2n) is 4.80. The fraction of sp³-hybridized carbons (Fsp3) is 0.357. The zero-order valence-electron chi connectivity index (χ0n) is 11.6. The number of hydrogen-bond donors (Lipinski definition) is 3. The van der Waals surface area contributed by atoms with Gasteiger partial charge in [-0.25, -0.2) is 0 Å². The number of amides is 1. The average Bonchev–Trinajstić information content (AvgIpc) is 3.09. The van der Waals surface area contributed by atoms with Crippen molar-refractivity contribution in [2.24, 2.45) is 0 Å². The van der Waals surface area contributed by atoms with E-state index >= 15 is 0 Å². The normalized spacial score (nSPS) is 12.3. The maximum absolute atomic E-state index is 11.7. The van der Waals surface area contributed by atoms with E-state index in [9.17, 15) is 9.90 Å². The van der Waals surface area contributed by atoms with Crippen molar-refractivity contribution in [2.75, 3.05) is 20.6 Å². The largest absolute Gasteiger partial charge is 0.387 e. The molecule has 2 aromatic rings. The summed E-state index contributed by atoms with van der Waals surface area (Å²) in [5.74, 6) is -0.0467. The molecule has 0 aliphatic carbocycles. The first-order chi connectivity index (χ1) is 9.58. The van der Waals surface area contributed by atoms with Crippen molar-refractivity contribution in [3.63, 3.8) is 0 Å². The zero-order chi connectivity index (χ0) is 14.5. The maximum atomic E-state index is 11.7. The number of hydrogen-bond acceptors (Lipinski definition) is 4. The molecule has 3 N–H and O–H groups in total. The Balaban J connectivity index is 1.81. The lowest BCUT2D eigenvalue weighted by molar-refractivity contribution is 0.0822. The summed E-state index contributed by atoms with van der Waals surface area (Å²) >= 11 is 1.57.